The topological polar surface area (TPSA) is 56.8 Å². The molecule has 2 rings (SSSR count). The average Bonchev–Trinajstić information content (AvgIpc) is 2.57. The lowest BCUT2D eigenvalue weighted by Crippen LogP contribution is -2.59. The first-order valence-electron chi connectivity index (χ1n) is 9.36. The Hall–Kier alpha value is -1.79. The van der Waals surface area contributed by atoms with E-state index in [2.05, 4.69) is 60.3 Å². The Morgan fingerprint density at radius 2 is 1.73 bits per heavy atom. The molecule has 6 nitrogen and oxygen atoms in total. The highest BCUT2D eigenvalue weighted by Crippen LogP contribution is 2.20. The smallest absolute Gasteiger partial charge is 0.315 e. The predicted octanol–water partition coefficient (Wildman–Crippen LogP) is 2.44. The van der Waals surface area contributed by atoms with Crippen molar-refractivity contribution in [2.45, 2.75) is 52.0 Å². The minimum Gasteiger partial charge on any atom is -0.378 e. The number of nitrogens with zero attached hydrogens (tertiary/aromatic N) is 2. The number of urea groups is 1. The van der Waals surface area contributed by atoms with Gasteiger partial charge in [0.05, 0.1) is 12.2 Å². The molecule has 1 aliphatic heterocycles. The molecule has 1 aromatic carbocycles. The van der Waals surface area contributed by atoms with Crippen molar-refractivity contribution >= 4 is 11.7 Å². The van der Waals surface area contributed by atoms with E-state index in [1.54, 1.807) is 0 Å². The molecule has 1 aliphatic rings. The number of hydrogen-bond acceptors (Lipinski definition) is 4. The first kappa shape index (κ1) is 20.5. The minimum absolute atomic E-state index is 0.114. The van der Waals surface area contributed by atoms with Crippen molar-refractivity contribution in [2.24, 2.45) is 0 Å². The van der Waals surface area contributed by atoms with E-state index in [1.807, 2.05) is 26.2 Å². The second-order valence-electron chi connectivity index (χ2n) is 8.07. The number of anilines is 1. The molecule has 2 N–H and O–H groups in total. The van der Waals surface area contributed by atoms with Gasteiger partial charge in [-0.2, -0.15) is 0 Å². The summed E-state index contributed by atoms with van der Waals surface area (Å²) < 4.78 is 5.80. The van der Waals surface area contributed by atoms with Crippen LogP contribution in [0.15, 0.2) is 24.3 Å². The lowest BCUT2D eigenvalue weighted by Gasteiger charge is -2.45. The molecule has 0 spiro atoms. The van der Waals surface area contributed by atoms with E-state index in [-0.39, 0.29) is 23.8 Å². The molecule has 0 aliphatic carbocycles. The van der Waals surface area contributed by atoms with Crippen LogP contribution in [0.5, 0.6) is 0 Å². The summed E-state index contributed by atoms with van der Waals surface area (Å²) in [6.07, 6.45) is 0.439. The number of ether oxygens (including phenoxy) is 1. The molecule has 0 aromatic heterocycles. The second kappa shape index (κ2) is 8.73. The largest absolute Gasteiger partial charge is 0.378 e. The quantitative estimate of drug-likeness (QED) is 0.816. The first-order chi connectivity index (χ1) is 12.2. The molecule has 2 unspecified atom stereocenters. The number of hydrogen-bond donors (Lipinski definition) is 2. The van der Waals surface area contributed by atoms with Crippen molar-refractivity contribution in [3.8, 4) is 0 Å². The van der Waals surface area contributed by atoms with Gasteiger partial charge in [0.1, 0.15) is 0 Å². The number of carbonyl (C=O) groups is 1. The third-order valence-electron chi connectivity index (χ3n) is 4.86. The third-order valence-corrected chi connectivity index (χ3v) is 4.86. The Morgan fingerprint density at radius 1 is 1.15 bits per heavy atom. The van der Waals surface area contributed by atoms with Crippen molar-refractivity contribution in [1.29, 1.82) is 0 Å². The molecule has 0 radical (unpaired) electrons. The Morgan fingerprint density at radius 3 is 2.27 bits per heavy atom. The van der Waals surface area contributed by atoms with Crippen LogP contribution in [-0.2, 0) is 11.3 Å². The van der Waals surface area contributed by atoms with E-state index in [4.69, 9.17) is 4.74 Å². The lowest BCUT2D eigenvalue weighted by atomic mass is 10.00. The summed E-state index contributed by atoms with van der Waals surface area (Å²) in [5, 5.41) is 5.94. The molecule has 1 heterocycles. The van der Waals surface area contributed by atoms with E-state index in [1.165, 1.54) is 0 Å². The third kappa shape index (κ3) is 5.88. The highest BCUT2D eigenvalue weighted by atomic mass is 16.5. The predicted molar refractivity (Wildman–Crippen MR) is 107 cm³/mol. The van der Waals surface area contributed by atoms with Gasteiger partial charge in [-0.3, -0.25) is 4.90 Å². The van der Waals surface area contributed by atoms with E-state index >= 15 is 0 Å². The molecule has 1 aromatic rings. The van der Waals surface area contributed by atoms with Crippen LogP contribution in [0.25, 0.3) is 0 Å². The number of amides is 2. The van der Waals surface area contributed by atoms with Crippen LogP contribution < -0.4 is 15.5 Å². The lowest BCUT2D eigenvalue weighted by molar-refractivity contribution is -0.0947. The number of carbonyl (C=O) groups excluding carboxylic acids is 1. The van der Waals surface area contributed by atoms with Crippen molar-refractivity contribution in [3.05, 3.63) is 29.8 Å². The van der Waals surface area contributed by atoms with Crippen LogP contribution in [0, 0.1) is 0 Å². The van der Waals surface area contributed by atoms with Gasteiger partial charge in [0.15, 0.2) is 0 Å². The van der Waals surface area contributed by atoms with E-state index in [0.29, 0.717) is 13.1 Å². The molecule has 1 fully saturated rings. The highest BCUT2D eigenvalue weighted by Gasteiger charge is 2.33. The summed E-state index contributed by atoms with van der Waals surface area (Å²) in [4.78, 5) is 16.6. The van der Waals surface area contributed by atoms with Crippen molar-refractivity contribution < 1.29 is 9.53 Å². The van der Waals surface area contributed by atoms with Crippen molar-refractivity contribution in [1.82, 2.24) is 15.5 Å². The van der Waals surface area contributed by atoms with Gasteiger partial charge in [-0.15, -0.1) is 0 Å². The number of rotatable bonds is 6. The molecule has 6 heteroatoms. The molecule has 2 amide bonds. The fourth-order valence-electron chi connectivity index (χ4n) is 3.24. The summed E-state index contributed by atoms with van der Waals surface area (Å²) in [6.45, 7) is 11.4. The summed E-state index contributed by atoms with van der Waals surface area (Å²) in [5.74, 6) is 0. The Kier molecular flexibility index (Phi) is 6.89. The Balaban J connectivity index is 1.78. The van der Waals surface area contributed by atoms with Crippen LogP contribution >= 0.6 is 0 Å². The first-order valence-corrected chi connectivity index (χ1v) is 9.36. The minimum atomic E-state index is -0.135. The monoisotopic (exact) mass is 362 g/mol. The fourth-order valence-corrected chi connectivity index (χ4v) is 3.24. The summed E-state index contributed by atoms with van der Waals surface area (Å²) in [7, 11) is 4.02. The average molecular weight is 363 g/mol. The van der Waals surface area contributed by atoms with Gasteiger partial charge in [-0.1, -0.05) is 12.1 Å². The van der Waals surface area contributed by atoms with Crippen LogP contribution in [0.1, 0.15) is 33.3 Å². The van der Waals surface area contributed by atoms with Gasteiger partial charge in [-0.05, 0) is 45.4 Å². The normalized spacial score (nSPS) is 21.3. The molecule has 2 atom stereocenters. The molecule has 146 valence electrons. The summed E-state index contributed by atoms with van der Waals surface area (Å²) in [5.41, 5.74) is 2.12. The van der Waals surface area contributed by atoms with Crippen LogP contribution in [0.4, 0.5) is 10.5 Å². The number of morpholine rings is 1. The van der Waals surface area contributed by atoms with Gasteiger partial charge >= 0.3 is 6.03 Å². The molecule has 1 saturated heterocycles. The molecular weight excluding hydrogens is 328 g/mol. The zero-order valence-electron chi connectivity index (χ0n) is 17.0. The second-order valence-corrected chi connectivity index (χ2v) is 8.07. The molecular formula is C20H34N4O2. The van der Waals surface area contributed by atoms with E-state index in [0.717, 1.165) is 24.3 Å². The molecule has 0 bridgehead atoms. The van der Waals surface area contributed by atoms with E-state index in [9.17, 15) is 4.79 Å². The summed E-state index contributed by atoms with van der Waals surface area (Å²) >= 11 is 0. The molecule has 0 saturated carbocycles. The Labute approximate surface area is 157 Å². The number of benzene rings is 1. The van der Waals surface area contributed by atoms with Crippen molar-refractivity contribution in [3.63, 3.8) is 0 Å². The zero-order valence-corrected chi connectivity index (χ0v) is 17.0. The van der Waals surface area contributed by atoms with Gasteiger partial charge < -0.3 is 20.3 Å². The van der Waals surface area contributed by atoms with Crippen LogP contribution in [-0.4, -0.2) is 62.4 Å². The van der Waals surface area contributed by atoms with Gasteiger partial charge in [-0.25, -0.2) is 4.79 Å². The summed E-state index contributed by atoms with van der Waals surface area (Å²) in [6, 6.07) is 8.05. The van der Waals surface area contributed by atoms with Crippen LogP contribution in [0.2, 0.25) is 0 Å². The standard InChI is InChI=1S/C20H34N4O2/c1-15-12-24(13-16(2)26-15)20(3,4)14-22-19(25)21-11-17-7-9-18(10-8-17)23(5)6/h7-10,15-16H,11-14H2,1-6H3,(H2,21,22,25). The molecule has 26 heavy (non-hydrogen) atoms. The van der Waals surface area contributed by atoms with Crippen molar-refractivity contribution in [2.75, 3.05) is 38.6 Å². The fraction of sp³-hybridized carbons (Fsp3) is 0.650. The van der Waals surface area contributed by atoms with Gasteiger partial charge in [0.2, 0.25) is 0 Å². The number of nitrogens with one attached hydrogen (secondary N) is 2. The van der Waals surface area contributed by atoms with Gasteiger partial charge in [0, 0.05) is 51.5 Å². The SMILES string of the molecule is CC1CN(C(C)(C)CNC(=O)NCc2ccc(N(C)C)cc2)CC(C)O1. The highest BCUT2D eigenvalue weighted by molar-refractivity contribution is 5.73. The Bertz CT molecular complexity index is 576. The maximum Gasteiger partial charge on any atom is 0.315 e. The maximum atomic E-state index is 12.2. The van der Waals surface area contributed by atoms with Crippen LogP contribution in [0.3, 0.4) is 0 Å². The van der Waals surface area contributed by atoms with Gasteiger partial charge in [0.25, 0.3) is 0 Å². The zero-order chi connectivity index (χ0) is 19.3. The van der Waals surface area contributed by atoms with E-state index < -0.39 is 0 Å². The maximum absolute atomic E-state index is 12.2.